The summed E-state index contributed by atoms with van der Waals surface area (Å²) in [5.74, 6) is -2.09. The van der Waals surface area contributed by atoms with Gasteiger partial charge in [-0.25, -0.2) is 4.79 Å². The van der Waals surface area contributed by atoms with Crippen LogP contribution >= 0.6 is 0 Å². The fourth-order valence-electron chi connectivity index (χ4n) is 3.61. The standard InChI is InChI=1S/C15H19NO6/c1-4-6(2)13(18)22-11-10-8-7(12(17)16-10)5-21-14(19)9(8)15(11,3)20/h4-5,8-11,14,19-20H,1-3H3,(H,16,17)/t8-,9-,10+,11+,14?,15-/m1/s1. The zero-order valence-corrected chi connectivity index (χ0v) is 12.6. The van der Waals surface area contributed by atoms with Gasteiger partial charge >= 0.3 is 5.97 Å². The van der Waals surface area contributed by atoms with Crippen molar-refractivity contribution < 1.29 is 29.3 Å². The van der Waals surface area contributed by atoms with Crippen LogP contribution < -0.4 is 5.32 Å². The molecular weight excluding hydrogens is 290 g/mol. The minimum absolute atomic E-state index is 0.328. The quantitative estimate of drug-likeness (QED) is 0.473. The van der Waals surface area contributed by atoms with Crippen LogP contribution in [0.5, 0.6) is 0 Å². The molecule has 3 rings (SSSR count). The van der Waals surface area contributed by atoms with Gasteiger partial charge in [0.2, 0.25) is 6.29 Å². The minimum Gasteiger partial charge on any atom is -0.472 e. The molecule has 2 heterocycles. The van der Waals surface area contributed by atoms with E-state index in [1.807, 2.05) is 0 Å². The van der Waals surface area contributed by atoms with E-state index in [1.165, 1.54) is 13.2 Å². The number of hydrogen-bond acceptors (Lipinski definition) is 6. The van der Waals surface area contributed by atoms with E-state index in [2.05, 4.69) is 5.32 Å². The number of carbonyl (C=O) groups is 2. The molecule has 0 radical (unpaired) electrons. The van der Waals surface area contributed by atoms with Gasteiger partial charge in [-0.3, -0.25) is 4.79 Å². The number of aliphatic hydroxyl groups excluding tert-OH is 1. The van der Waals surface area contributed by atoms with E-state index in [9.17, 15) is 19.8 Å². The highest BCUT2D eigenvalue weighted by molar-refractivity contribution is 5.97. The lowest BCUT2D eigenvalue weighted by Gasteiger charge is -2.36. The van der Waals surface area contributed by atoms with Gasteiger partial charge in [-0.1, -0.05) is 6.08 Å². The van der Waals surface area contributed by atoms with Crippen LogP contribution in [0.15, 0.2) is 23.5 Å². The summed E-state index contributed by atoms with van der Waals surface area (Å²) in [4.78, 5) is 24.0. The highest BCUT2D eigenvalue weighted by atomic mass is 16.6. The van der Waals surface area contributed by atoms with Crippen molar-refractivity contribution in [3.63, 3.8) is 0 Å². The molecular formula is C15H19NO6. The van der Waals surface area contributed by atoms with Crippen LogP contribution in [-0.4, -0.2) is 46.1 Å². The van der Waals surface area contributed by atoms with Crippen molar-refractivity contribution in [2.75, 3.05) is 0 Å². The largest absolute Gasteiger partial charge is 0.472 e. The smallest absolute Gasteiger partial charge is 0.333 e. The SMILES string of the molecule is CC=C(C)C(=O)O[C@H]1[C@H]2NC(=O)C3=COC(O)[C@@H]([C@@H]32)[C@@]1(C)O. The molecule has 1 saturated heterocycles. The molecule has 120 valence electrons. The summed E-state index contributed by atoms with van der Waals surface area (Å²) in [5, 5.41) is 23.6. The van der Waals surface area contributed by atoms with Gasteiger partial charge in [-0.05, 0) is 20.8 Å². The van der Waals surface area contributed by atoms with Gasteiger partial charge < -0.3 is 25.0 Å². The number of hydrogen-bond donors (Lipinski definition) is 3. The lowest BCUT2D eigenvalue weighted by Crippen LogP contribution is -2.52. The molecule has 1 unspecified atom stereocenters. The summed E-state index contributed by atoms with van der Waals surface area (Å²) < 4.78 is 10.5. The lowest BCUT2D eigenvalue weighted by molar-refractivity contribution is -0.189. The molecule has 0 aromatic heterocycles. The minimum atomic E-state index is -1.52. The number of aliphatic hydroxyl groups is 2. The predicted molar refractivity (Wildman–Crippen MR) is 74.0 cm³/mol. The molecule has 0 bridgehead atoms. The van der Waals surface area contributed by atoms with E-state index in [0.29, 0.717) is 11.1 Å². The number of amides is 1. The van der Waals surface area contributed by atoms with Crippen LogP contribution in [0.1, 0.15) is 20.8 Å². The zero-order chi connectivity index (χ0) is 16.2. The van der Waals surface area contributed by atoms with Crippen LogP contribution in [0.2, 0.25) is 0 Å². The fourth-order valence-corrected chi connectivity index (χ4v) is 3.61. The van der Waals surface area contributed by atoms with Crippen LogP contribution in [0.3, 0.4) is 0 Å². The van der Waals surface area contributed by atoms with Crippen molar-refractivity contribution in [2.24, 2.45) is 11.8 Å². The van der Waals surface area contributed by atoms with Gasteiger partial charge in [-0.15, -0.1) is 0 Å². The summed E-state index contributed by atoms with van der Waals surface area (Å²) in [7, 11) is 0. The molecule has 1 amide bonds. The highest BCUT2D eigenvalue weighted by Crippen LogP contribution is 2.52. The first-order valence-corrected chi connectivity index (χ1v) is 7.19. The third-order valence-electron chi connectivity index (χ3n) is 4.90. The molecule has 1 saturated carbocycles. The van der Waals surface area contributed by atoms with Gasteiger partial charge in [0.05, 0.1) is 23.8 Å². The number of nitrogens with one attached hydrogen (secondary N) is 1. The molecule has 1 aliphatic carbocycles. The molecule has 3 aliphatic rings. The predicted octanol–water partition coefficient (Wildman–Crippen LogP) is -0.408. The number of carbonyl (C=O) groups excluding carboxylic acids is 2. The highest BCUT2D eigenvalue weighted by Gasteiger charge is 2.67. The first kappa shape index (κ1) is 15.1. The maximum absolute atomic E-state index is 12.0. The van der Waals surface area contributed by atoms with Crippen LogP contribution in [0, 0.1) is 11.8 Å². The summed E-state index contributed by atoms with van der Waals surface area (Å²) in [6.07, 6.45) is 0.607. The number of esters is 1. The third-order valence-corrected chi connectivity index (χ3v) is 4.90. The van der Waals surface area contributed by atoms with E-state index in [4.69, 9.17) is 9.47 Å². The summed E-state index contributed by atoms with van der Waals surface area (Å²) in [6.45, 7) is 4.80. The molecule has 7 nitrogen and oxygen atoms in total. The molecule has 6 atom stereocenters. The first-order valence-electron chi connectivity index (χ1n) is 7.19. The Balaban J connectivity index is 1.97. The Morgan fingerprint density at radius 1 is 1.55 bits per heavy atom. The fraction of sp³-hybridized carbons (Fsp3) is 0.600. The van der Waals surface area contributed by atoms with Gasteiger partial charge in [0.25, 0.3) is 5.91 Å². The number of rotatable bonds is 2. The van der Waals surface area contributed by atoms with Crippen molar-refractivity contribution in [3.8, 4) is 0 Å². The maximum Gasteiger partial charge on any atom is 0.333 e. The Hall–Kier alpha value is -1.86. The lowest BCUT2D eigenvalue weighted by atomic mass is 9.81. The van der Waals surface area contributed by atoms with Gasteiger partial charge in [0, 0.05) is 11.5 Å². The Kier molecular flexibility index (Phi) is 3.30. The Labute approximate surface area is 127 Å². The van der Waals surface area contributed by atoms with Gasteiger partial charge in [-0.2, -0.15) is 0 Å². The second-order valence-electron chi connectivity index (χ2n) is 6.17. The van der Waals surface area contributed by atoms with Gasteiger partial charge in [0.1, 0.15) is 5.60 Å². The number of allylic oxidation sites excluding steroid dienone is 1. The number of ether oxygens (including phenoxy) is 2. The average Bonchev–Trinajstić information content (AvgIpc) is 2.89. The van der Waals surface area contributed by atoms with E-state index >= 15 is 0 Å². The maximum atomic E-state index is 12.0. The molecule has 3 N–H and O–H groups in total. The van der Waals surface area contributed by atoms with Crippen LogP contribution in [0.25, 0.3) is 0 Å². The topological polar surface area (TPSA) is 105 Å². The monoisotopic (exact) mass is 309 g/mol. The van der Waals surface area contributed by atoms with Gasteiger partial charge in [0.15, 0.2) is 6.10 Å². The second-order valence-corrected chi connectivity index (χ2v) is 6.17. The molecule has 2 fully saturated rings. The van der Waals surface area contributed by atoms with Crippen molar-refractivity contribution in [1.29, 1.82) is 0 Å². The van der Waals surface area contributed by atoms with E-state index in [-0.39, 0.29) is 5.91 Å². The van der Waals surface area contributed by atoms with E-state index in [0.717, 1.165) is 0 Å². The van der Waals surface area contributed by atoms with E-state index in [1.54, 1.807) is 19.9 Å². The second kappa shape index (κ2) is 4.82. The van der Waals surface area contributed by atoms with Crippen LogP contribution in [-0.2, 0) is 19.1 Å². The third kappa shape index (κ3) is 1.89. The zero-order valence-electron chi connectivity index (χ0n) is 12.6. The molecule has 7 heteroatoms. The molecule has 0 aromatic rings. The Morgan fingerprint density at radius 2 is 2.23 bits per heavy atom. The summed E-state index contributed by atoms with van der Waals surface area (Å²) in [6, 6.07) is -0.578. The summed E-state index contributed by atoms with van der Waals surface area (Å²) in [5.41, 5.74) is -0.754. The normalized spacial score (nSPS) is 43.1. The first-order chi connectivity index (χ1) is 10.3. The van der Waals surface area contributed by atoms with Crippen LogP contribution in [0.4, 0.5) is 0 Å². The molecule has 0 aromatic carbocycles. The van der Waals surface area contributed by atoms with Crippen molar-refractivity contribution in [1.82, 2.24) is 5.32 Å². The summed E-state index contributed by atoms with van der Waals surface area (Å²) >= 11 is 0. The van der Waals surface area contributed by atoms with Crippen molar-refractivity contribution >= 4 is 11.9 Å². The van der Waals surface area contributed by atoms with E-state index < -0.39 is 41.8 Å². The van der Waals surface area contributed by atoms with Crippen molar-refractivity contribution in [2.45, 2.75) is 44.8 Å². The Morgan fingerprint density at radius 3 is 2.86 bits per heavy atom. The van der Waals surface area contributed by atoms with Crippen molar-refractivity contribution in [3.05, 3.63) is 23.5 Å². The molecule has 2 aliphatic heterocycles. The Bertz CT molecular complexity index is 593. The average molecular weight is 309 g/mol. The molecule has 0 spiro atoms. The molecule has 22 heavy (non-hydrogen) atoms.